The van der Waals surface area contributed by atoms with E-state index in [0.717, 1.165) is 76.4 Å². The number of anilines is 4. The number of rotatable bonds is 12. The zero-order chi connectivity index (χ0) is 33.5. The van der Waals surface area contributed by atoms with Crippen LogP contribution in [-0.4, -0.2) is 101 Å². The number of aromatic nitrogens is 4. The van der Waals surface area contributed by atoms with Crippen molar-refractivity contribution < 1.29 is 23.0 Å². The minimum Gasteiger partial charge on any atom is -0.379 e. The largest absolute Gasteiger partial charge is 0.379 e. The zero-order valence-corrected chi connectivity index (χ0v) is 27.2. The van der Waals surface area contributed by atoms with E-state index in [9.17, 15) is 13.6 Å². The van der Waals surface area contributed by atoms with Crippen molar-refractivity contribution in [1.82, 2.24) is 29.5 Å². The van der Waals surface area contributed by atoms with Crippen LogP contribution in [0.15, 0.2) is 60.9 Å². The lowest BCUT2D eigenvalue weighted by atomic mass is 10.1. The lowest BCUT2D eigenvalue weighted by molar-refractivity contribution is 0.0174. The van der Waals surface area contributed by atoms with Gasteiger partial charge < -0.3 is 25.4 Å². The van der Waals surface area contributed by atoms with Gasteiger partial charge in [0.1, 0.15) is 18.0 Å². The quantitative estimate of drug-likeness (QED) is 0.198. The Kier molecular flexibility index (Phi) is 10.5. The molecule has 0 radical (unpaired) electrons. The van der Waals surface area contributed by atoms with Gasteiger partial charge in [-0.05, 0) is 36.8 Å². The number of morpholine rings is 2. The predicted molar refractivity (Wildman–Crippen MR) is 179 cm³/mol. The highest BCUT2D eigenvalue weighted by atomic mass is 19.3. The van der Waals surface area contributed by atoms with Gasteiger partial charge in [0.05, 0.1) is 32.1 Å². The van der Waals surface area contributed by atoms with Crippen LogP contribution in [0.4, 0.5) is 31.8 Å². The monoisotopic (exact) mass is 661 g/mol. The smallest absolute Gasteiger partial charge is 0.270 e. The normalized spacial score (nSPS) is 16.1. The third-order valence-electron chi connectivity index (χ3n) is 8.35. The molecule has 4 aromatic rings. The molecule has 0 bridgehead atoms. The topological polar surface area (TPSA) is 122 Å². The third kappa shape index (κ3) is 8.69. The molecule has 0 spiro atoms. The van der Waals surface area contributed by atoms with E-state index in [1.807, 2.05) is 31.2 Å². The molecular formula is C34H41F2N9O3. The number of ether oxygens (including phenoxy) is 2. The van der Waals surface area contributed by atoms with Crippen LogP contribution >= 0.6 is 0 Å². The number of amides is 1. The molecule has 2 saturated heterocycles. The van der Waals surface area contributed by atoms with Crippen molar-refractivity contribution in [2.24, 2.45) is 0 Å². The van der Waals surface area contributed by atoms with Gasteiger partial charge >= 0.3 is 0 Å². The Bertz CT molecular complexity index is 1700. The van der Waals surface area contributed by atoms with Gasteiger partial charge in [-0.25, -0.2) is 18.7 Å². The van der Waals surface area contributed by atoms with Gasteiger partial charge in [0, 0.05) is 87.4 Å². The average Bonchev–Trinajstić information content (AvgIpc) is 3.48. The van der Waals surface area contributed by atoms with Crippen LogP contribution in [0.1, 0.15) is 34.1 Å². The highest BCUT2D eigenvalue weighted by Crippen LogP contribution is 2.29. The Morgan fingerprint density at radius 2 is 1.69 bits per heavy atom. The summed E-state index contributed by atoms with van der Waals surface area (Å²) < 4.78 is 40.5. The second-order valence-electron chi connectivity index (χ2n) is 12.0. The van der Waals surface area contributed by atoms with E-state index in [1.165, 1.54) is 30.6 Å². The summed E-state index contributed by atoms with van der Waals surface area (Å²) in [6.07, 6.45) is 1.52. The summed E-state index contributed by atoms with van der Waals surface area (Å²) >= 11 is 0. The number of aryl methyl sites for hydroxylation is 1. The van der Waals surface area contributed by atoms with Crippen molar-refractivity contribution in [3.63, 3.8) is 0 Å². The van der Waals surface area contributed by atoms with Crippen molar-refractivity contribution in [1.29, 1.82) is 0 Å². The summed E-state index contributed by atoms with van der Waals surface area (Å²) in [7, 11) is 0. The molecule has 2 fully saturated rings. The molecule has 6 rings (SSSR count). The first kappa shape index (κ1) is 33.4. The molecule has 48 heavy (non-hydrogen) atoms. The van der Waals surface area contributed by atoms with E-state index >= 15 is 0 Å². The molecular weight excluding hydrogens is 620 g/mol. The molecule has 0 aliphatic carbocycles. The summed E-state index contributed by atoms with van der Waals surface area (Å²) in [5.74, 6) is -1.58. The first-order valence-corrected chi connectivity index (χ1v) is 16.1. The molecule has 2 aliphatic heterocycles. The number of carbonyl (C=O) groups excluding carboxylic acids is 1. The zero-order valence-electron chi connectivity index (χ0n) is 27.2. The summed E-state index contributed by atoms with van der Waals surface area (Å²) in [6, 6.07) is 14.8. The highest BCUT2D eigenvalue weighted by molar-refractivity contribution is 6.04. The van der Waals surface area contributed by atoms with E-state index in [4.69, 9.17) is 14.6 Å². The molecule has 14 heteroatoms. The second kappa shape index (κ2) is 15.2. The molecule has 0 unspecified atom stereocenters. The molecule has 254 valence electrons. The Balaban J connectivity index is 1.22. The maximum atomic E-state index is 13.9. The van der Waals surface area contributed by atoms with Gasteiger partial charge in [0.15, 0.2) is 5.82 Å². The van der Waals surface area contributed by atoms with Crippen LogP contribution < -0.4 is 16.0 Å². The lowest BCUT2D eigenvalue weighted by Crippen LogP contribution is -2.39. The predicted octanol–water partition coefficient (Wildman–Crippen LogP) is 4.65. The van der Waals surface area contributed by atoms with Crippen LogP contribution in [0.3, 0.4) is 0 Å². The fourth-order valence-corrected chi connectivity index (χ4v) is 5.60. The Morgan fingerprint density at radius 3 is 2.44 bits per heavy atom. The van der Waals surface area contributed by atoms with Crippen molar-refractivity contribution >= 4 is 28.9 Å². The fraction of sp³-hybridized carbons (Fsp3) is 0.412. The molecule has 3 N–H and O–H groups in total. The minimum atomic E-state index is -3.05. The average molecular weight is 662 g/mol. The van der Waals surface area contributed by atoms with Crippen LogP contribution in [0.5, 0.6) is 0 Å². The molecule has 0 saturated carbocycles. The number of nitrogens with one attached hydrogen (secondary N) is 3. The van der Waals surface area contributed by atoms with E-state index in [2.05, 4.69) is 35.7 Å². The lowest BCUT2D eigenvalue weighted by Gasteiger charge is -2.26. The van der Waals surface area contributed by atoms with Gasteiger partial charge in [0.2, 0.25) is 0 Å². The third-order valence-corrected chi connectivity index (χ3v) is 8.35. The van der Waals surface area contributed by atoms with Crippen molar-refractivity contribution in [2.75, 3.05) is 81.6 Å². The summed E-state index contributed by atoms with van der Waals surface area (Å²) in [5, 5.41) is 14.7. The fourth-order valence-electron chi connectivity index (χ4n) is 5.60. The van der Waals surface area contributed by atoms with Gasteiger partial charge in [0.25, 0.3) is 11.8 Å². The first-order valence-electron chi connectivity index (χ1n) is 16.1. The van der Waals surface area contributed by atoms with Crippen LogP contribution in [0.2, 0.25) is 0 Å². The molecule has 1 amide bonds. The number of nitrogens with zero attached hydrogens (tertiary/aromatic N) is 6. The van der Waals surface area contributed by atoms with Crippen LogP contribution in [0.25, 0.3) is 5.82 Å². The van der Waals surface area contributed by atoms with Gasteiger partial charge in [-0.2, -0.15) is 9.78 Å². The number of halogens is 2. The van der Waals surface area contributed by atoms with E-state index < -0.39 is 11.8 Å². The number of hydrogen-bond acceptors (Lipinski definition) is 10. The van der Waals surface area contributed by atoms with Crippen LogP contribution in [0, 0.1) is 6.92 Å². The molecule has 2 aromatic heterocycles. The van der Waals surface area contributed by atoms with Crippen molar-refractivity contribution in [3.8, 4) is 5.82 Å². The molecule has 12 nitrogen and oxygen atoms in total. The molecule has 2 aromatic carbocycles. The molecule has 2 aliphatic rings. The molecule has 0 atom stereocenters. The van der Waals surface area contributed by atoms with Crippen molar-refractivity contribution in [2.45, 2.75) is 26.3 Å². The van der Waals surface area contributed by atoms with E-state index in [-0.39, 0.29) is 11.1 Å². The SMILES string of the molecule is Cc1ccc(NC(=O)c2cccc(C(C)(F)F)c2)cc1Nc1cc(CN2CCOCC2)nn1-c1cc(NCCN2CCOCC2)ncn1. The molecule has 4 heterocycles. The van der Waals surface area contributed by atoms with E-state index in [1.54, 1.807) is 10.7 Å². The summed E-state index contributed by atoms with van der Waals surface area (Å²) in [5.41, 5.74) is 2.95. The number of carbonyl (C=O) groups is 1. The summed E-state index contributed by atoms with van der Waals surface area (Å²) in [6.45, 7) is 11.4. The Hall–Kier alpha value is -4.50. The van der Waals surface area contributed by atoms with E-state index in [0.29, 0.717) is 42.9 Å². The van der Waals surface area contributed by atoms with Gasteiger partial charge in [-0.3, -0.25) is 14.6 Å². The minimum absolute atomic E-state index is 0.146. The Labute approximate surface area is 278 Å². The van der Waals surface area contributed by atoms with Crippen LogP contribution in [-0.2, 0) is 21.9 Å². The van der Waals surface area contributed by atoms with Crippen molar-refractivity contribution in [3.05, 3.63) is 83.3 Å². The number of alkyl halides is 2. The second-order valence-corrected chi connectivity index (χ2v) is 12.0. The highest BCUT2D eigenvalue weighted by Gasteiger charge is 2.25. The number of hydrogen-bond donors (Lipinski definition) is 3. The summed E-state index contributed by atoms with van der Waals surface area (Å²) in [4.78, 5) is 26.7. The standard InChI is InChI=1S/C34H41F2N9O3/c1-24-6-7-27(40-33(46)25-4-3-5-26(18-25)34(2,35)36)19-29(24)41-32-20-28(22-44-12-16-48-17-13-44)42-45(32)31-21-30(38-23-39-31)37-8-9-43-10-14-47-15-11-43/h3-7,18-21,23,41H,8-17,22H2,1-2H3,(H,40,46)(H,37,38,39). The van der Waals surface area contributed by atoms with Gasteiger partial charge in [-0.15, -0.1) is 0 Å². The van der Waals surface area contributed by atoms with Gasteiger partial charge in [-0.1, -0.05) is 18.2 Å². The first-order chi connectivity index (χ1) is 23.2. The Morgan fingerprint density at radius 1 is 0.938 bits per heavy atom. The number of benzene rings is 2. The maximum absolute atomic E-state index is 13.9. The maximum Gasteiger partial charge on any atom is 0.270 e.